The van der Waals surface area contributed by atoms with Crippen LogP contribution < -0.4 is 10.2 Å². The van der Waals surface area contributed by atoms with Crippen LogP contribution in [0.3, 0.4) is 0 Å². The minimum absolute atomic E-state index is 0.130. The van der Waals surface area contributed by atoms with Crippen LogP contribution in [-0.4, -0.2) is 23.5 Å². The number of benzene rings is 3. The van der Waals surface area contributed by atoms with E-state index in [-0.39, 0.29) is 11.5 Å². The molecule has 0 radical (unpaired) electrons. The number of hydrogen-bond acceptors (Lipinski definition) is 3. The quantitative estimate of drug-likeness (QED) is 0.382. The van der Waals surface area contributed by atoms with Crippen molar-refractivity contribution in [1.29, 1.82) is 0 Å². The number of amides is 1. The molecule has 160 valence electrons. The van der Waals surface area contributed by atoms with E-state index in [1.807, 2.05) is 18.2 Å². The molecular weight excluding hydrogens is 456 g/mol. The number of halogens is 1. The first kappa shape index (κ1) is 22.6. The highest BCUT2D eigenvalue weighted by Crippen LogP contribution is 2.30. The van der Waals surface area contributed by atoms with Crippen LogP contribution in [0.5, 0.6) is 0 Å². The Kier molecular flexibility index (Phi) is 7.84. The van der Waals surface area contributed by atoms with Crippen molar-refractivity contribution in [3.63, 3.8) is 0 Å². The maximum atomic E-state index is 12.9. The number of carbonyl (C=O) groups is 2. The average Bonchev–Trinajstić information content (AvgIpc) is 2.77. The van der Waals surface area contributed by atoms with Crippen LogP contribution in [-0.2, 0) is 6.54 Å². The number of aromatic carboxylic acids is 1. The molecule has 0 aliphatic rings. The van der Waals surface area contributed by atoms with E-state index in [1.54, 1.807) is 36.4 Å². The van der Waals surface area contributed by atoms with Gasteiger partial charge in [-0.05, 0) is 54.4 Å². The van der Waals surface area contributed by atoms with Gasteiger partial charge in [0.1, 0.15) is 0 Å². The van der Waals surface area contributed by atoms with Crippen molar-refractivity contribution in [3.8, 4) is 0 Å². The van der Waals surface area contributed by atoms with Gasteiger partial charge in [-0.25, -0.2) is 4.79 Å². The molecule has 0 aliphatic carbocycles. The van der Waals surface area contributed by atoms with Crippen molar-refractivity contribution >= 4 is 39.2 Å². The average molecular weight is 481 g/mol. The number of nitrogens with one attached hydrogen (secondary N) is 1. The molecular formula is C25H25BrN2O3. The van der Waals surface area contributed by atoms with Gasteiger partial charge in [-0.3, -0.25) is 4.79 Å². The predicted molar refractivity (Wildman–Crippen MR) is 128 cm³/mol. The Morgan fingerprint density at radius 1 is 0.968 bits per heavy atom. The highest BCUT2D eigenvalue weighted by molar-refractivity contribution is 9.10. The number of nitrogens with zero attached hydrogens (tertiary/aromatic N) is 1. The second-order valence-corrected chi connectivity index (χ2v) is 8.17. The van der Waals surface area contributed by atoms with E-state index in [9.17, 15) is 14.7 Å². The van der Waals surface area contributed by atoms with Crippen LogP contribution in [0.1, 0.15) is 46.0 Å². The van der Waals surface area contributed by atoms with Gasteiger partial charge in [-0.1, -0.05) is 59.6 Å². The van der Waals surface area contributed by atoms with E-state index in [2.05, 4.69) is 45.2 Å². The van der Waals surface area contributed by atoms with Gasteiger partial charge in [0.2, 0.25) is 0 Å². The van der Waals surface area contributed by atoms with Gasteiger partial charge in [0.15, 0.2) is 0 Å². The number of hydrogen-bond donors (Lipinski definition) is 2. The van der Waals surface area contributed by atoms with Crippen molar-refractivity contribution in [3.05, 3.63) is 94.0 Å². The minimum atomic E-state index is -1.03. The zero-order chi connectivity index (χ0) is 22.2. The molecule has 0 bridgehead atoms. The molecule has 31 heavy (non-hydrogen) atoms. The molecule has 3 rings (SSSR count). The van der Waals surface area contributed by atoms with Crippen molar-refractivity contribution in [2.75, 3.05) is 16.8 Å². The molecule has 1 amide bonds. The fraction of sp³-hybridized carbons (Fsp3) is 0.200. The molecule has 5 nitrogen and oxygen atoms in total. The van der Waals surface area contributed by atoms with Crippen LogP contribution in [0.2, 0.25) is 0 Å². The number of rotatable bonds is 9. The lowest BCUT2D eigenvalue weighted by molar-refractivity contribution is 0.0696. The smallest absolute Gasteiger partial charge is 0.335 e. The maximum absolute atomic E-state index is 12.9. The Balaban J connectivity index is 1.96. The van der Waals surface area contributed by atoms with Gasteiger partial charge in [0.05, 0.1) is 16.9 Å². The molecule has 2 N–H and O–H groups in total. The molecule has 0 saturated heterocycles. The lowest BCUT2D eigenvalue weighted by Gasteiger charge is -2.27. The molecule has 0 saturated carbocycles. The number of unbranched alkanes of at least 4 members (excludes halogenated alkanes) is 1. The summed E-state index contributed by atoms with van der Waals surface area (Å²) in [7, 11) is 0. The van der Waals surface area contributed by atoms with Crippen LogP contribution >= 0.6 is 15.9 Å². The second-order valence-electron chi connectivity index (χ2n) is 7.26. The third-order valence-electron chi connectivity index (χ3n) is 4.94. The summed E-state index contributed by atoms with van der Waals surface area (Å²) in [4.78, 5) is 26.6. The SMILES string of the molecule is CCCCN(Cc1ccccc1)c1ccc(C(=O)O)cc1NC(=O)c1ccc(Br)cc1. The predicted octanol–water partition coefficient (Wildman–Crippen LogP) is 6.21. The normalized spacial score (nSPS) is 10.5. The van der Waals surface area contributed by atoms with Crippen molar-refractivity contribution in [2.45, 2.75) is 26.3 Å². The summed E-state index contributed by atoms with van der Waals surface area (Å²) in [6.45, 7) is 3.58. The molecule has 0 atom stereocenters. The third kappa shape index (κ3) is 6.18. The Morgan fingerprint density at radius 3 is 2.29 bits per heavy atom. The van der Waals surface area contributed by atoms with Gasteiger partial charge in [0, 0.05) is 23.1 Å². The first-order valence-electron chi connectivity index (χ1n) is 10.2. The van der Waals surface area contributed by atoms with E-state index in [0.717, 1.165) is 35.1 Å². The van der Waals surface area contributed by atoms with Crippen LogP contribution in [0.4, 0.5) is 11.4 Å². The summed E-state index contributed by atoms with van der Waals surface area (Å²) in [5.74, 6) is -1.32. The number of anilines is 2. The molecule has 3 aromatic rings. The summed E-state index contributed by atoms with van der Waals surface area (Å²) < 4.78 is 0.881. The van der Waals surface area contributed by atoms with Crippen molar-refractivity contribution < 1.29 is 14.7 Å². The summed E-state index contributed by atoms with van der Waals surface area (Å²) >= 11 is 3.37. The van der Waals surface area contributed by atoms with Gasteiger partial charge in [0.25, 0.3) is 5.91 Å². The zero-order valence-electron chi connectivity index (χ0n) is 17.3. The summed E-state index contributed by atoms with van der Waals surface area (Å²) in [5, 5.41) is 12.4. The zero-order valence-corrected chi connectivity index (χ0v) is 18.9. The number of carboxylic acid groups (broad SMARTS) is 1. The van der Waals surface area contributed by atoms with Crippen LogP contribution in [0, 0.1) is 0 Å². The van der Waals surface area contributed by atoms with Crippen LogP contribution in [0.25, 0.3) is 0 Å². The Morgan fingerprint density at radius 2 is 1.65 bits per heavy atom. The topological polar surface area (TPSA) is 69.6 Å². The number of carbonyl (C=O) groups excluding carboxylic acids is 1. The first-order valence-corrected chi connectivity index (χ1v) is 11.0. The van der Waals surface area contributed by atoms with E-state index in [4.69, 9.17) is 0 Å². The molecule has 0 fully saturated rings. The third-order valence-corrected chi connectivity index (χ3v) is 5.47. The monoisotopic (exact) mass is 480 g/mol. The van der Waals surface area contributed by atoms with E-state index < -0.39 is 5.97 Å². The lowest BCUT2D eigenvalue weighted by atomic mass is 10.1. The molecule has 0 aromatic heterocycles. The fourth-order valence-electron chi connectivity index (χ4n) is 3.28. The minimum Gasteiger partial charge on any atom is -0.478 e. The van der Waals surface area contributed by atoms with E-state index in [0.29, 0.717) is 17.8 Å². The number of carboxylic acids is 1. The summed E-state index contributed by atoms with van der Waals surface area (Å²) in [5.41, 5.74) is 3.06. The first-order chi connectivity index (χ1) is 15.0. The molecule has 0 heterocycles. The highest BCUT2D eigenvalue weighted by atomic mass is 79.9. The molecule has 0 unspecified atom stereocenters. The Labute approximate surface area is 190 Å². The summed E-state index contributed by atoms with van der Waals surface area (Å²) in [6, 6.07) is 22.0. The van der Waals surface area contributed by atoms with E-state index in [1.165, 1.54) is 6.07 Å². The van der Waals surface area contributed by atoms with Gasteiger partial charge < -0.3 is 15.3 Å². The van der Waals surface area contributed by atoms with E-state index >= 15 is 0 Å². The maximum Gasteiger partial charge on any atom is 0.335 e. The van der Waals surface area contributed by atoms with Crippen LogP contribution in [0.15, 0.2) is 77.3 Å². The summed E-state index contributed by atoms with van der Waals surface area (Å²) in [6.07, 6.45) is 2.01. The molecule has 3 aromatic carbocycles. The van der Waals surface area contributed by atoms with Gasteiger partial charge in [-0.15, -0.1) is 0 Å². The second kappa shape index (κ2) is 10.8. The Hall–Kier alpha value is -3.12. The van der Waals surface area contributed by atoms with Crippen molar-refractivity contribution in [1.82, 2.24) is 0 Å². The molecule has 0 aliphatic heterocycles. The fourth-order valence-corrected chi connectivity index (χ4v) is 3.54. The lowest BCUT2D eigenvalue weighted by Crippen LogP contribution is -2.26. The van der Waals surface area contributed by atoms with Gasteiger partial charge in [-0.2, -0.15) is 0 Å². The van der Waals surface area contributed by atoms with Gasteiger partial charge >= 0.3 is 5.97 Å². The largest absolute Gasteiger partial charge is 0.478 e. The molecule has 6 heteroatoms. The standard InChI is InChI=1S/C25H25BrN2O3/c1-2-3-15-28(17-18-7-5-4-6-8-18)23-14-11-20(25(30)31)16-22(23)27-24(29)19-9-12-21(26)13-10-19/h4-14,16H,2-3,15,17H2,1H3,(H,27,29)(H,30,31). The van der Waals surface area contributed by atoms with Crippen molar-refractivity contribution in [2.24, 2.45) is 0 Å². The highest BCUT2D eigenvalue weighted by Gasteiger charge is 2.17. The molecule has 0 spiro atoms. The Bertz CT molecular complexity index is 1040.